The van der Waals surface area contributed by atoms with Crippen molar-refractivity contribution in [2.75, 3.05) is 20.2 Å². The highest BCUT2D eigenvalue weighted by molar-refractivity contribution is 5.82. The Morgan fingerprint density at radius 2 is 1.94 bits per heavy atom. The molecule has 1 saturated carbocycles. The van der Waals surface area contributed by atoms with Gasteiger partial charge in [-0.3, -0.25) is 4.79 Å². The molecule has 0 aromatic carbocycles. The third-order valence-electron chi connectivity index (χ3n) is 4.29. The third kappa shape index (κ3) is 2.16. The SMILES string of the molecule is COC1(C#N)CCN(C(=O)C2CC2(C)C)CC1. The number of ether oxygens (including phenoxy) is 1. The van der Waals surface area contributed by atoms with Gasteiger partial charge >= 0.3 is 0 Å². The number of nitrogens with zero attached hydrogens (tertiary/aromatic N) is 2. The van der Waals surface area contributed by atoms with Crippen molar-refractivity contribution < 1.29 is 9.53 Å². The van der Waals surface area contributed by atoms with Crippen LogP contribution in [0.15, 0.2) is 0 Å². The van der Waals surface area contributed by atoms with Gasteiger partial charge in [0.25, 0.3) is 0 Å². The average Bonchev–Trinajstić information content (AvgIpc) is 2.98. The highest BCUT2D eigenvalue weighted by Gasteiger charge is 2.52. The standard InChI is InChI=1S/C13H20N2O2/c1-12(2)8-10(12)11(16)15-6-4-13(9-14,17-3)5-7-15/h10H,4-8H2,1-3H3. The molecule has 2 fully saturated rings. The number of likely N-dealkylation sites (tertiary alicyclic amines) is 1. The Morgan fingerprint density at radius 3 is 2.29 bits per heavy atom. The molecule has 0 aromatic rings. The van der Waals surface area contributed by atoms with Crippen molar-refractivity contribution >= 4 is 5.91 Å². The Bertz CT molecular complexity index is 362. The molecular weight excluding hydrogens is 216 g/mol. The summed E-state index contributed by atoms with van der Waals surface area (Å²) in [4.78, 5) is 14.1. The fraction of sp³-hybridized carbons (Fsp3) is 0.846. The van der Waals surface area contributed by atoms with Crippen molar-refractivity contribution in [1.82, 2.24) is 4.90 Å². The Kier molecular flexibility index (Phi) is 2.90. The van der Waals surface area contributed by atoms with Crippen LogP contribution in [-0.2, 0) is 9.53 Å². The van der Waals surface area contributed by atoms with Crippen molar-refractivity contribution in [2.24, 2.45) is 11.3 Å². The number of hydrogen-bond acceptors (Lipinski definition) is 3. The molecule has 94 valence electrons. The van der Waals surface area contributed by atoms with Crippen LogP contribution in [0.3, 0.4) is 0 Å². The minimum absolute atomic E-state index is 0.183. The maximum atomic E-state index is 12.2. The molecule has 1 aliphatic heterocycles. The number of rotatable bonds is 2. The van der Waals surface area contributed by atoms with Crippen molar-refractivity contribution in [2.45, 2.75) is 38.7 Å². The monoisotopic (exact) mass is 236 g/mol. The van der Waals surface area contributed by atoms with Crippen LogP contribution in [0, 0.1) is 22.7 Å². The van der Waals surface area contributed by atoms with Crippen LogP contribution >= 0.6 is 0 Å². The van der Waals surface area contributed by atoms with Gasteiger partial charge in [0.2, 0.25) is 5.91 Å². The van der Waals surface area contributed by atoms with Gasteiger partial charge in [-0.15, -0.1) is 0 Å². The van der Waals surface area contributed by atoms with Gasteiger partial charge in [-0.05, 0) is 11.8 Å². The fourth-order valence-corrected chi connectivity index (χ4v) is 2.56. The quantitative estimate of drug-likeness (QED) is 0.731. The van der Waals surface area contributed by atoms with Gasteiger partial charge in [0.15, 0.2) is 5.60 Å². The second-order valence-electron chi connectivity index (χ2n) is 5.88. The summed E-state index contributed by atoms with van der Waals surface area (Å²) in [5.74, 6) is 0.456. The molecule has 0 aromatic heterocycles. The second-order valence-corrected chi connectivity index (χ2v) is 5.88. The van der Waals surface area contributed by atoms with E-state index in [1.54, 1.807) is 7.11 Å². The molecule has 1 saturated heterocycles. The fourth-order valence-electron chi connectivity index (χ4n) is 2.56. The Balaban J connectivity index is 1.92. The lowest BCUT2D eigenvalue weighted by Gasteiger charge is -2.36. The van der Waals surface area contributed by atoms with Gasteiger partial charge in [-0.1, -0.05) is 13.8 Å². The van der Waals surface area contributed by atoms with Gasteiger partial charge < -0.3 is 9.64 Å². The maximum absolute atomic E-state index is 12.2. The zero-order valence-electron chi connectivity index (χ0n) is 10.8. The van der Waals surface area contributed by atoms with E-state index in [2.05, 4.69) is 19.9 Å². The highest BCUT2D eigenvalue weighted by atomic mass is 16.5. The van der Waals surface area contributed by atoms with Crippen LogP contribution < -0.4 is 0 Å². The van der Waals surface area contributed by atoms with Gasteiger partial charge in [0.05, 0.1) is 6.07 Å². The summed E-state index contributed by atoms with van der Waals surface area (Å²) in [6.45, 7) is 5.56. The van der Waals surface area contributed by atoms with Crippen LogP contribution in [0.2, 0.25) is 0 Å². The molecule has 2 aliphatic rings. The Morgan fingerprint density at radius 1 is 1.41 bits per heavy atom. The average molecular weight is 236 g/mol. The molecule has 2 rings (SSSR count). The number of hydrogen-bond donors (Lipinski definition) is 0. The number of piperidine rings is 1. The number of carbonyl (C=O) groups excluding carboxylic acids is 1. The topological polar surface area (TPSA) is 53.3 Å². The first-order valence-electron chi connectivity index (χ1n) is 6.19. The molecular formula is C13H20N2O2. The van der Waals surface area contributed by atoms with E-state index in [-0.39, 0.29) is 17.2 Å². The van der Waals surface area contributed by atoms with E-state index in [0.29, 0.717) is 25.9 Å². The minimum atomic E-state index is -0.671. The number of carbonyl (C=O) groups is 1. The largest absolute Gasteiger partial charge is 0.363 e. The Hall–Kier alpha value is -1.08. The van der Waals surface area contributed by atoms with Crippen molar-refractivity contribution in [3.8, 4) is 6.07 Å². The molecule has 4 heteroatoms. The summed E-state index contributed by atoms with van der Waals surface area (Å²) in [6.07, 6.45) is 2.24. The summed E-state index contributed by atoms with van der Waals surface area (Å²) in [5, 5.41) is 9.09. The highest BCUT2D eigenvalue weighted by Crippen LogP contribution is 2.52. The summed E-state index contributed by atoms with van der Waals surface area (Å²) in [5.41, 5.74) is -0.488. The summed E-state index contributed by atoms with van der Waals surface area (Å²) >= 11 is 0. The van der Waals surface area contributed by atoms with E-state index in [4.69, 9.17) is 10.00 Å². The first-order valence-corrected chi connectivity index (χ1v) is 6.19. The van der Waals surface area contributed by atoms with Gasteiger partial charge in [0, 0.05) is 39.0 Å². The van der Waals surface area contributed by atoms with Crippen molar-refractivity contribution in [3.63, 3.8) is 0 Å². The lowest BCUT2D eigenvalue weighted by molar-refractivity contribution is -0.137. The molecule has 1 unspecified atom stereocenters. The minimum Gasteiger partial charge on any atom is -0.363 e. The summed E-state index contributed by atoms with van der Waals surface area (Å²) < 4.78 is 5.27. The van der Waals surface area contributed by atoms with E-state index < -0.39 is 5.60 Å². The maximum Gasteiger partial charge on any atom is 0.226 e. The lowest BCUT2D eigenvalue weighted by atomic mass is 9.92. The summed E-state index contributed by atoms with van der Waals surface area (Å²) in [7, 11) is 1.57. The first-order chi connectivity index (χ1) is 7.94. The van der Waals surface area contributed by atoms with E-state index in [1.165, 1.54) is 0 Å². The Labute approximate surface area is 103 Å². The molecule has 0 spiro atoms. The zero-order valence-corrected chi connectivity index (χ0v) is 10.8. The van der Waals surface area contributed by atoms with Crippen LogP contribution in [0.25, 0.3) is 0 Å². The predicted molar refractivity (Wildman–Crippen MR) is 63.1 cm³/mol. The molecule has 1 aliphatic carbocycles. The molecule has 17 heavy (non-hydrogen) atoms. The lowest BCUT2D eigenvalue weighted by Crippen LogP contribution is -2.47. The molecule has 0 N–H and O–H groups in total. The van der Waals surface area contributed by atoms with Gasteiger partial charge in [-0.25, -0.2) is 0 Å². The van der Waals surface area contributed by atoms with Crippen LogP contribution in [-0.4, -0.2) is 36.6 Å². The van der Waals surface area contributed by atoms with Crippen molar-refractivity contribution in [3.05, 3.63) is 0 Å². The molecule has 1 amide bonds. The van der Waals surface area contributed by atoms with E-state index in [9.17, 15) is 4.79 Å². The molecule has 1 atom stereocenters. The first kappa shape index (κ1) is 12.4. The van der Waals surface area contributed by atoms with Gasteiger partial charge in [0.1, 0.15) is 0 Å². The van der Waals surface area contributed by atoms with E-state index in [0.717, 1.165) is 6.42 Å². The van der Waals surface area contributed by atoms with Crippen LogP contribution in [0.4, 0.5) is 0 Å². The molecule has 1 heterocycles. The number of methoxy groups -OCH3 is 1. The summed E-state index contributed by atoms with van der Waals surface area (Å²) in [6, 6.07) is 2.23. The molecule has 0 radical (unpaired) electrons. The smallest absolute Gasteiger partial charge is 0.226 e. The number of nitriles is 1. The second kappa shape index (κ2) is 3.99. The zero-order chi connectivity index (χ0) is 12.7. The van der Waals surface area contributed by atoms with Gasteiger partial charge in [-0.2, -0.15) is 5.26 Å². The van der Waals surface area contributed by atoms with Crippen molar-refractivity contribution in [1.29, 1.82) is 5.26 Å². The molecule has 4 nitrogen and oxygen atoms in total. The van der Waals surface area contributed by atoms with E-state index >= 15 is 0 Å². The predicted octanol–water partition coefficient (Wildman–Crippen LogP) is 1.56. The number of amides is 1. The van der Waals surface area contributed by atoms with Crippen LogP contribution in [0.5, 0.6) is 0 Å². The third-order valence-corrected chi connectivity index (χ3v) is 4.29. The molecule has 0 bridgehead atoms. The normalized spacial score (nSPS) is 29.5. The van der Waals surface area contributed by atoms with E-state index in [1.807, 2.05) is 4.90 Å². The van der Waals surface area contributed by atoms with Crippen LogP contribution in [0.1, 0.15) is 33.1 Å².